The van der Waals surface area contributed by atoms with Crippen LogP contribution < -0.4 is 21.1 Å². The van der Waals surface area contributed by atoms with Gasteiger partial charge in [-0.05, 0) is 30.3 Å². The van der Waals surface area contributed by atoms with Crippen molar-refractivity contribution < 1.29 is 14.3 Å². The molecule has 6 nitrogen and oxygen atoms in total. The molecular weight excluding hydrogens is 318 g/mol. The van der Waals surface area contributed by atoms with E-state index in [1.54, 1.807) is 42.5 Å². The molecule has 0 spiro atoms. The van der Waals surface area contributed by atoms with E-state index in [-0.39, 0.29) is 18.4 Å². The lowest BCUT2D eigenvalue weighted by Gasteiger charge is -2.13. The number of anilines is 2. The number of halogens is 1. The first-order valence-electron chi connectivity index (χ1n) is 6.78. The van der Waals surface area contributed by atoms with E-state index in [1.807, 2.05) is 0 Å². The molecular formula is C16H16ClN3O3. The molecule has 0 aromatic heterocycles. The summed E-state index contributed by atoms with van der Waals surface area (Å²) in [6.07, 6.45) is 0. The molecule has 2 amide bonds. The van der Waals surface area contributed by atoms with Crippen LogP contribution in [-0.4, -0.2) is 25.5 Å². The summed E-state index contributed by atoms with van der Waals surface area (Å²) in [6.45, 7) is -0.168. The van der Waals surface area contributed by atoms with Gasteiger partial charge in [-0.15, -0.1) is 0 Å². The van der Waals surface area contributed by atoms with Crippen molar-refractivity contribution in [2.75, 3.05) is 24.3 Å². The second-order valence-electron chi connectivity index (χ2n) is 4.63. The zero-order chi connectivity index (χ0) is 16.8. The molecule has 0 bridgehead atoms. The molecule has 0 aliphatic carbocycles. The number of carbonyl (C=O) groups is 2. The van der Waals surface area contributed by atoms with E-state index in [0.29, 0.717) is 27.7 Å². The number of amides is 2. The molecule has 0 saturated heterocycles. The van der Waals surface area contributed by atoms with E-state index < -0.39 is 0 Å². The molecule has 23 heavy (non-hydrogen) atoms. The first-order chi connectivity index (χ1) is 11.0. The van der Waals surface area contributed by atoms with Crippen molar-refractivity contribution in [1.29, 1.82) is 0 Å². The molecule has 0 fully saturated rings. The molecule has 0 aliphatic heterocycles. The van der Waals surface area contributed by atoms with E-state index >= 15 is 0 Å². The van der Waals surface area contributed by atoms with Gasteiger partial charge in [0.1, 0.15) is 5.75 Å². The summed E-state index contributed by atoms with van der Waals surface area (Å²) in [5.74, 6) is -0.185. The second-order valence-corrected chi connectivity index (χ2v) is 5.06. The van der Waals surface area contributed by atoms with Gasteiger partial charge in [-0.3, -0.25) is 9.59 Å². The van der Waals surface area contributed by atoms with Gasteiger partial charge in [-0.2, -0.15) is 0 Å². The van der Waals surface area contributed by atoms with Crippen LogP contribution in [0.25, 0.3) is 0 Å². The van der Waals surface area contributed by atoms with E-state index in [0.717, 1.165) is 0 Å². The predicted octanol–water partition coefficient (Wildman–Crippen LogP) is 2.50. The number of hydrogen-bond donors (Lipinski definition) is 3. The number of hydrogen-bond acceptors (Lipinski definition) is 4. The number of rotatable bonds is 5. The third kappa shape index (κ3) is 4.45. The first kappa shape index (κ1) is 16.8. The fourth-order valence-corrected chi connectivity index (χ4v) is 2.08. The van der Waals surface area contributed by atoms with Gasteiger partial charge in [-0.25, -0.2) is 0 Å². The van der Waals surface area contributed by atoms with Crippen LogP contribution in [0.15, 0.2) is 42.5 Å². The summed E-state index contributed by atoms with van der Waals surface area (Å²) in [7, 11) is 1.51. The Morgan fingerprint density at radius 1 is 1.13 bits per heavy atom. The molecule has 0 atom stereocenters. The van der Waals surface area contributed by atoms with Crippen molar-refractivity contribution in [2.24, 2.45) is 5.73 Å². The van der Waals surface area contributed by atoms with E-state index in [9.17, 15) is 9.59 Å². The van der Waals surface area contributed by atoms with Gasteiger partial charge < -0.3 is 21.1 Å². The molecule has 0 aliphatic rings. The van der Waals surface area contributed by atoms with Crippen LogP contribution in [0.5, 0.6) is 5.75 Å². The lowest BCUT2D eigenvalue weighted by Crippen LogP contribution is -2.23. The number of nitrogens with two attached hydrogens (primary N) is 1. The highest BCUT2D eigenvalue weighted by molar-refractivity contribution is 6.31. The van der Waals surface area contributed by atoms with Crippen LogP contribution in [-0.2, 0) is 4.79 Å². The summed E-state index contributed by atoms with van der Waals surface area (Å²) in [5.41, 5.74) is 6.54. The van der Waals surface area contributed by atoms with Crippen LogP contribution in [0.1, 0.15) is 10.4 Å². The van der Waals surface area contributed by atoms with Crippen molar-refractivity contribution in [3.63, 3.8) is 0 Å². The van der Waals surface area contributed by atoms with Gasteiger partial charge in [0.15, 0.2) is 0 Å². The highest BCUT2D eigenvalue weighted by Gasteiger charge is 2.12. The third-order valence-corrected chi connectivity index (χ3v) is 3.26. The van der Waals surface area contributed by atoms with Crippen molar-refractivity contribution in [3.8, 4) is 5.75 Å². The fraction of sp³-hybridized carbons (Fsp3) is 0.125. The second kappa shape index (κ2) is 7.62. The Morgan fingerprint density at radius 2 is 1.91 bits per heavy atom. The number of carbonyl (C=O) groups excluding carboxylic acids is 2. The van der Waals surface area contributed by atoms with E-state index in [2.05, 4.69) is 10.6 Å². The van der Waals surface area contributed by atoms with Crippen LogP contribution in [0, 0.1) is 0 Å². The molecule has 0 heterocycles. The van der Waals surface area contributed by atoms with Gasteiger partial charge in [0.2, 0.25) is 5.91 Å². The van der Waals surface area contributed by atoms with Gasteiger partial charge in [-0.1, -0.05) is 17.7 Å². The van der Waals surface area contributed by atoms with Gasteiger partial charge in [0, 0.05) is 16.7 Å². The van der Waals surface area contributed by atoms with E-state index in [1.165, 1.54) is 7.11 Å². The Balaban J connectivity index is 2.27. The number of benzene rings is 2. The van der Waals surface area contributed by atoms with Crippen LogP contribution in [0.4, 0.5) is 11.4 Å². The Labute approximate surface area is 138 Å². The number of ether oxygens (including phenoxy) is 1. The Morgan fingerprint density at radius 3 is 2.57 bits per heavy atom. The molecule has 0 radical (unpaired) electrons. The minimum Gasteiger partial charge on any atom is -0.497 e. The van der Waals surface area contributed by atoms with Gasteiger partial charge in [0.25, 0.3) is 5.91 Å². The third-order valence-electron chi connectivity index (χ3n) is 3.02. The Bertz CT molecular complexity index is 734. The maximum atomic E-state index is 12.3. The maximum Gasteiger partial charge on any atom is 0.255 e. The smallest absolute Gasteiger partial charge is 0.255 e. The van der Waals surface area contributed by atoms with Crippen LogP contribution >= 0.6 is 11.6 Å². The number of nitrogens with one attached hydrogen (secondary N) is 2. The van der Waals surface area contributed by atoms with Gasteiger partial charge >= 0.3 is 0 Å². The van der Waals surface area contributed by atoms with Gasteiger partial charge in [0.05, 0.1) is 25.0 Å². The van der Waals surface area contributed by atoms with Crippen molar-refractivity contribution in [2.45, 2.75) is 0 Å². The Kier molecular flexibility index (Phi) is 5.56. The number of methoxy groups -OCH3 is 1. The monoisotopic (exact) mass is 333 g/mol. The fourth-order valence-electron chi connectivity index (χ4n) is 1.89. The topological polar surface area (TPSA) is 93.5 Å². The molecule has 7 heteroatoms. The summed E-state index contributed by atoms with van der Waals surface area (Å²) >= 11 is 5.88. The minimum atomic E-state index is -0.378. The zero-order valence-corrected chi connectivity index (χ0v) is 13.2. The van der Waals surface area contributed by atoms with Crippen LogP contribution in [0.3, 0.4) is 0 Å². The molecule has 2 aromatic rings. The molecule has 2 rings (SSSR count). The first-order valence-corrected chi connectivity index (χ1v) is 7.16. The van der Waals surface area contributed by atoms with Crippen molar-refractivity contribution in [1.82, 2.24) is 0 Å². The van der Waals surface area contributed by atoms with E-state index in [4.69, 9.17) is 22.1 Å². The quantitative estimate of drug-likeness (QED) is 0.783. The summed E-state index contributed by atoms with van der Waals surface area (Å²) in [4.78, 5) is 23.8. The van der Waals surface area contributed by atoms with Crippen molar-refractivity contribution in [3.05, 3.63) is 53.1 Å². The highest BCUT2D eigenvalue weighted by atomic mass is 35.5. The Hall–Kier alpha value is -2.57. The summed E-state index contributed by atoms with van der Waals surface area (Å²) in [5, 5.41) is 5.81. The molecule has 4 N–H and O–H groups in total. The largest absolute Gasteiger partial charge is 0.497 e. The average molecular weight is 334 g/mol. The molecule has 2 aromatic carbocycles. The predicted molar refractivity (Wildman–Crippen MR) is 90.1 cm³/mol. The lowest BCUT2D eigenvalue weighted by atomic mass is 10.2. The molecule has 0 unspecified atom stereocenters. The summed E-state index contributed by atoms with van der Waals surface area (Å²) in [6, 6.07) is 11.5. The normalized spacial score (nSPS) is 10.0. The standard InChI is InChI=1S/C16H16ClN3O3/c1-23-12-5-6-13(14(8-12)19-15(21)9-18)20-16(22)10-3-2-4-11(17)7-10/h2-8H,9,18H2,1H3,(H,19,21)(H,20,22). The summed E-state index contributed by atoms with van der Waals surface area (Å²) < 4.78 is 5.12. The minimum absolute atomic E-state index is 0.168. The zero-order valence-electron chi connectivity index (χ0n) is 12.4. The van der Waals surface area contributed by atoms with Crippen LogP contribution in [0.2, 0.25) is 5.02 Å². The van der Waals surface area contributed by atoms with Crippen molar-refractivity contribution >= 4 is 34.8 Å². The lowest BCUT2D eigenvalue weighted by molar-refractivity contribution is -0.114. The SMILES string of the molecule is COc1ccc(NC(=O)c2cccc(Cl)c2)c(NC(=O)CN)c1. The maximum absolute atomic E-state index is 12.3. The average Bonchev–Trinajstić information content (AvgIpc) is 2.56. The highest BCUT2D eigenvalue weighted by Crippen LogP contribution is 2.27. The molecule has 0 saturated carbocycles. The molecule has 120 valence electrons.